The zero-order valence-corrected chi connectivity index (χ0v) is 11.5. The van der Waals surface area contributed by atoms with Gasteiger partial charge in [-0.25, -0.2) is 4.39 Å². The third kappa shape index (κ3) is 3.45. The first-order chi connectivity index (χ1) is 9.60. The van der Waals surface area contributed by atoms with Crippen molar-refractivity contribution in [3.8, 4) is 5.75 Å². The molecule has 0 aliphatic rings. The van der Waals surface area contributed by atoms with Gasteiger partial charge < -0.3 is 4.74 Å². The zero-order chi connectivity index (χ0) is 14.5. The lowest BCUT2D eigenvalue weighted by molar-refractivity contribution is 0.104. The van der Waals surface area contributed by atoms with Crippen molar-refractivity contribution in [3.05, 3.63) is 70.5 Å². The molecule has 0 aliphatic carbocycles. The molecule has 0 bridgehead atoms. The third-order valence-corrected chi connectivity index (χ3v) is 2.98. The van der Waals surface area contributed by atoms with Crippen molar-refractivity contribution in [2.24, 2.45) is 0 Å². The summed E-state index contributed by atoms with van der Waals surface area (Å²) in [6.45, 7) is 0. The molecule has 0 fully saturated rings. The molecule has 0 saturated carbocycles. The summed E-state index contributed by atoms with van der Waals surface area (Å²) in [5.41, 5.74) is 1.23. The number of ketones is 1. The van der Waals surface area contributed by atoms with Gasteiger partial charge in [-0.3, -0.25) is 4.79 Å². The number of hydrogen-bond donors (Lipinski definition) is 0. The van der Waals surface area contributed by atoms with Crippen LogP contribution >= 0.6 is 11.6 Å². The Kier molecular flexibility index (Phi) is 4.53. The average molecular weight is 291 g/mol. The van der Waals surface area contributed by atoms with E-state index in [0.29, 0.717) is 16.1 Å². The number of allylic oxidation sites excluding steroid dienone is 1. The molecule has 0 saturated heterocycles. The molecule has 0 atom stereocenters. The lowest BCUT2D eigenvalue weighted by atomic mass is 10.1. The molecular weight excluding hydrogens is 279 g/mol. The van der Waals surface area contributed by atoms with Gasteiger partial charge in [0, 0.05) is 10.6 Å². The van der Waals surface area contributed by atoms with Crippen molar-refractivity contribution in [2.45, 2.75) is 0 Å². The molecule has 2 nitrogen and oxygen atoms in total. The molecule has 0 N–H and O–H groups in total. The maximum atomic E-state index is 13.2. The number of carbonyl (C=O) groups is 1. The Bertz CT molecular complexity index is 648. The predicted molar refractivity (Wildman–Crippen MR) is 77.8 cm³/mol. The minimum Gasteiger partial charge on any atom is -0.494 e. The molecule has 0 aromatic heterocycles. The lowest BCUT2D eigenvalue weighted by Crippen LogP contribution is -1.93. The highest BCUT2D eigenvalue weighted by atomic mass is 35.5. The van der Waals surface area contributed by atoms with Gasteiger partial charge >= 0.3 is 0 Å². The van der Waals surface area contributed by atoms with E-state index in [1.54, 1.807) is 36.4 Å². The van der Waals surface area contributed by atoms with E-state index < -0.39 is 5.82 Å². The fourth-order valence-corrected chi connectivity index (χ4v) is 1.79. The zero-order valence-electron chi connectivity index (χ0n) is 10.8. The molecule has 0 spiro atoms. The number of ether oxygens (including phenoxy) is 1. The molecule has 0 radical (unpaired) electrons. The molecule has 4 heteroatoms. The number of hydrogen-bond acceptors (Lipinski definition) is 2. The molecular formula is C16H12ClFO2. The van der Waals surface area contributed by atoms with Crippen molar-refractivity contribution in [1.29, 1.82) is 0 Å². The van der Waals surface area contributed by atoms with Crippen LogP contribution in [0, 0.1) is 5.82 Å². The Balaban J connectivity index is 2.16. The van der Waals surface area contributed by atoms with E-state index in [2.05, 4.69) is 0 Å². The summed E-state index contributed by atoms with van der Waals surface area (Å²) >= 11 is 5.76. The van der Waals surface area contributed by atoms with Crippen LogP contribution in [0.2, 0.25) is 5.02 Å². The first-order valence-corrected chi connectivity index (χ1v) is 6.29. The largest absolute Gasteiger partial charge is 0.494 e. The van der Waals surface area contributed by atoms with Gasteiger partial charge in [-0.1, -0.05) is 23.7 Å². The summed E-state index contributed by atoms with van der Waals surface area (Å²) in [5, 5.41) is 0.578. The van der Waals surface area contributed by atoms with Gasteiger partial charge in [-0.05, 0) is 48.0 Å². The van der Waals surface area contributed by atoms with Gasteiger partial charge in [0.05, 0.1) is 7.11 Å². The molecule has 0 aliphatic heterocycles. The van der Waals surface area contributed by atoms with Gasteiger partial charge in [0.2, 0.25) is 0 Å². The minimum absolute atomic E-state index is 0.145. The Morgan fingerprint density at radius 3 is 2.55 bits per heavy atom. The predicted octanol–water partition coefficient (Wildman–Crippen LogP) is 4.38. The third-order valence-electron chi connectivity index (χ3n) is 2.73. The van der Waals surface area contributed by atoms with E-state index in [9.17, 15) is 9.18 Å². The highest BCUT2D eigenvalue weighted by Gasteiger charge is 2.03. The van der Waals surface area contributed by atoms with E-state index in [1.807, 2.05) is 0 Å². The number of carbonyl (C=O) groups excluding carboxylic acids is 1. The second kappa shape index (κ2) is 6.35. The summed E-state index contributed by atoms with van der Waals surface area (Å²) < 4.78 is 18.1. The van der Waals surface area contributed by atoms with E-state index >= 15 is 0 Å². The molecule has 2 aromatic rings. The molecule has 102 valence electrons. The molecule has 2 rings (SSSR count). The van der Waals surface area contributed by atoms with Crippen molar-refractivity contribution >= 4 is 23.5 Å². The van der Waals surface area contributed by atoms with Crippen molar-refractivity contribution in [1.82, 2.24) is 0 Å². The van der Waals surface area contributed by atoms with E-state index in [4.69, 9.17) is 16.3 Å². The summed E-state index contributed by atoms with van der Waals surface area (Å²) in [4.78, 5) is 11.9. The van der Waals surface area contributed by atoms with Crippen molar-refractivity contribution in [3.63, 3.8) is 0 Å². The summed E-state index contributed by atoms with van der Waals surface area (Å²) in [7, 11) is 1.39. The van der Waals surface area contributed by atoms with Crippen LogP contribution in [-0.2, 0) is 0 Å². The van der Waals surface area contributed by atoms with Gasteiger partial charge in [0.15, 0.2) is 17.3 Å². The van der Waals surface area contributed by atoms with Crippen LogP contribution in [0.25, 0.3) is 6.08 Å². The summed E-state index contributed by atoms with van der Waals surface area (Å²) in [6, 6.07) is 11.0. The average Bonchev–Trinajstić information content (AvgIpc) is 2.46. The summed E-state index contributed by atoms with van der Waals surface area (Å²) in [6.07, 6.45) is 3.04. The molecule has 0 unspecified atom stereocenters. The second-order valence-corrected chi connectivity index (χ2v) is 4.53. The highest BCUT2D eigenvalue weighted by Crippen LogP contribution is 2.19. The van der Waals surface area contributed by atoms with Gasteiger partial charge in [0.25, 0.3) is 0 Å². The SMILES string of the molecule is COc1cc(/C=C/C(=O)c2ccc(Cl)cc2)ccc1F. The second-order valence-electron chi connectivity index (χ2n) is 4.10. The van der Waals surface area contributed by atoms with Crippen LogP contribution in [-0.4, -0.2) is 12.9 Å². The van der Waals surface area contributed by atoms with E-state index in [1.165, 1.54) is 25.3 Å². The van der Waals surface area contributed by atoms with Crippen molar-refractivity contribution in [2.75, 3.05) is 7.11 Å². The number of rotatable bonds is 4. The summed E-state index contributed by atoms with van der Waals surface area (Å²) in [5.74, 6) is -0.440. The normalized spacial score (nSPS) is 10.8. The molecule has 20 heavy (non-hydrogen) atoms. The smallest absolute Gasteiger partial charge is 0.185 e. The first-order valence-electron chi connectivity index (χ1n) is 5.91. The number of halogens is 2. The van der Waals surface area contributed by atoms with Gasteiger partial charge in [0.1, 0.15) is 0 Å². The van der Waals surface area contributed by atoms with Crippen LogP contribution < -0.4 is 4.74 Å². The highest BCUT2D eigenvalue weighted by molar-refractivity contribution is 6.30. The van der Waals surface area contributed by atoms with E-state index in [-0.39, 0.29) is 11.5 Å². The Morgan fingerprint density at radius 1 is 1.20 bits per heavy atom. The fraction of sp³-hybridized carbons (Fsp3) is 0.0625. The molecule has 0 amide bonds. The topological polar surface area (TPSA) is 26.3 Å². The Labute approximate surface area is 121 Å². The standard InChI is InChI=1S/C16H12ClFO2/c1-20-16-10-11(2-8-14(16)18)3-9-15(19)12-4-6-13(17)7-5-12/h2-10H,1H3/b9-3+. The van der Waals surface area contributed by atoms with Crippen molar-refractivity contribution < 1.29 is 13.9 Å². The fourth-order valence-electron chi connectivity index (χ4n) is 1.66. The minimum atomic E-state index is -0.436. The van der Waals surface area contributed by atoms with E-state index in [0.717, 1.165) is 0 Å². The monoisotopic (exact) mass is 290 g/mol. The van der Waals surface area contributed by atoms with Gasteiger partial charge in [-0.15, -0.1) is 0 Å². The maximum Gasteiger partial charge on any atom is 0.185 e. The Hall–Kier alpha value is -2.13. The molecule has 2 aromatic carbocycles. The quantitative estimate of drug-likeness (QED) is 0.617. The van der Waals surface area contributed by atoms with Crippen LogP contribution in [0.3, 0.4) is 0 Å². The number of methoxy groups -OCH3 is 1. The maximum absolute atomic E-state index is 13.2. The van der Waals surface area contributed by atoms with Crippen LogP contribution in [0.1, 0.15) is 15.9 Å². The van der Waals surface area contributed by atoms with Gasteiger partial charge in [-0.2, -0.15) is 0 Å². The Morgan fingerprint density at radius 2 is 1.90 bits per heavy atom. The van der Waals surface area contributed by atoms with Crippen LogP contribution in [0.15, 0.2) is 48.5 Å². The van der Waals surface area contributed by atoms with Crippen LogP contribution in [0.4, 0.5) is 4.39 Å². The number of benzene rings is 2. The first kappa shape index (κ1) is 14.3. The van der Waals surface area contributed by atoms with Crippen LogP contribution in [0.5, 0.6) is 5.75 Å². The lowest BCUT2D eigenvalue weighted by Gasteiger charge is -2.02. The molecule has 0 heterocycles.